The van der Waals surface area contributed by atoms with Crippen molar-refractivity contribution in [1.82, 2.24) is 20.4 Å². The van der Waals surface area contributed by atoms with Crippen molar-refractivity contribution < 1.29 is 9.59 Å². The minimum Gasteiger partial charge on any atom is -0.334 e. The number of likely N-dealkylation sites (tertiary alicyclic amines) is 1. The van der Waals surface area contributed by atoms with Crippen LogP contribution in [0.1, 0.15) is 18.4 Å². The van der Waals surface area contributed by atoms with E-state index in [2.05, 4.69) is 20.8 Å². The first-order chi connectivity index (χ1) is 12.5. The first-order valence-corrected chi connectivity index (χ1v) is 9.70. The van der Waals surface area contributed by atoms with E-state index in [9.17, 15) is 9.59 Å². The zero-order valence-corrected chi connectivity index (χ0v) is 16.1. The van der Waals surface area contributed by atoms with E-state index in [0.29, 0.717) is 47.7 Å². The Labute approximate surface area is 164 Å². The van der Waals surface area contributed by atoms with Gasteiger partial charge in [0.05, 0.1) is 0 Å². The summed E-state index contributed by atoms with van der Waals surface area (Å²) in [6.07, 6.45) is 1.22. The molecular formula is C16H17Cl2N5O2S. The highest BCUT2D eigenvalue weighted by molar-refractivity contribution is 7.13. The summed E-state index contributed by atoms with van der Waals surface area (Å²) in [5.74, 6) is -0.205. The number of anilines is 1. The molecule has 0 bridgehead atoms. The van der Waals surface area contributed by atoms with Gasteiger partial charge in [-0.05, 0) is 30.5 Å². The van der Waals surface area contributed by atoms with Gasteiger partial charge in [0.2, 0.25) is 11.0 Å². The Morgan fingerprint density at radius 1 is 1.27 bits per heavy atom. The molecule has 1 saturated heterocycles. The Hall–Kier alpha value is -1.90. The molecule has 2 aromatic rings. The third-order valence-electron chi connectivity index (χ3n) is 4.19. The summed E-state index contributed by atoms with van der Waals surface area (Å²) < 4.78 is 0. The number of aromatic nitrogens is 2. The number of nitrogens with one attached hydrogen (secondary N) is 2. The molecule has 1 aliphatic rings. The van der Waals surface area contributed by atoms with Crippen LogP contribution in [-0.4, -0.2) is 40.1 Å². The van der Waals surface area contributed by atoms with Gasteiger partial charge in [0, 0.05) is 35.6 Å². The molecule has 26 heavy (non-hydrogen) atoms. The zero-order chi connectivity index (χ0) is 18.5. The number of halogens is 2. The number of urea groups is 1. The van der Waals surface area contributed by atoms with Gasteiger partial charge in [-0.3, -0.25) is 4.79 Å². The fraction of sp³-hybridized carbons (Fsp3) is 0.375. The second kappa shape index (κ2) is 8.66. The number of benzene rings is 1. The number of nitrogens with zero attached hydrogens (tertiary/aromatic N) is 3. The molecule has 0 saturated carbocycles. The van der Waals surface area contributed by atoms with Crippen molar-refractivity contribution in [2.75, 3.05) is 18.4 Å². The van der Waals surface area contributed by atoms with Crippen molar-refractivity contribution >= 4 is 51.6 Å². The van der Waals surface area contributed by atoms with Gasteiger partial charge in [0.1, 0.15) is 5.51 Å². The lowest BCUT2D eigenvalue weighted by atomic mass is 9.96. The average Bonchev–Trinajstić information content (AvgIpc) is 3.14. The summed E-state index contributed by atoms with van der Waals surface area (Å²) in [4.78, 5) is 26.2. The Bertz CT molecular complexity index is 779. The number of hydrogen-bond donors (Lipinski definition) is 2. The van der Waals surface area contributed by atoms with Gasteiger partial charge in [0.15, 0.2) is 0 Å². The summed E-state index contributed by atoms with van der Waals surface area (Å²) in [6.45, 7) is 1.37. The molecular weight excluding hydrogens is 397 g/mol. The normalized spacial score (nSPS) is 14.9. The second-order valence-electron chi connectivity index (χ2n) is 5.89. The van der Waals surface area contributed by atoms with Gasteiger partial charge in [-0.25, -0.2) is 4.79 Å². The fourth-order valence-corrected chi connectivity index (χ4v) is 3.65. The molecule has 2 N–H and O–H groups in total. The van der Waals surface area contributed by atoms with E-state index < -0.39 is 0 Å². The Balaban J connectivity index is 1.45. The number of carbonyl (C=O) groups is 2. The molecule has 1 aliphatic heterocycles. The van der Waals surface area contributed by atoms with E-state index >= 15 is 0 Å². The van der Waals surface area contributed by atoms with E-state index in [0.717, 1.165) is 5.56 Å². The van der Waals surface area contributed by atoms with Crippen LogP contribution in [0, 0.1) is 5.92 Å². The molecule has 3 rings (SSSR count). The molecule has 1 aromatic heterocycles. The van der Waals surface area contributed by atoms with Crippen molar-refractivity contribution in [2.45, 2.75) is 19.4 Å². The van der Waals surface area contributed by atoms with E-state index in [1.807, 2.05) is 0 Å². The van der Waals surface area contributed by atoms with Crippen LogP contribution in [0.5, 0.6) is 0 Å². The summed E-state index contributed by atoms with van der Waals surface area (Å²) in [6, 6.07) is 5.00. The molecule has 138 valence electrons. The zero-order valence-electron chi connectivity index (χ0n) is 13.7. The minimum atomic E-state index is -0.168. The highest BCUT2D eigenvalue weighted by Gasteiger charge is 2.27. The molecule has 10 heteroatoms. The number of piperidine rings is 1. The molecule has 0 aliphatic carbocycles. The van der Waals surface area contributed by atoms with Crippen molar-refractivity contribution in [3.63, 3.8) is 0 Å². The highest BCUT2D eigenvalue weighted by atomic mass is 35.5. The number of carbonyl (C=O) groups excluding carboxylic acids is 2. The van der Waals surface area contributed by atoms with E-state index in [1.165, 1.54) is 11.3 Å². The topological polar surface area (TPSA) is 87.2 Å². The SMILES string of the molecule is O=C(Nc1nncs1)C1CCN(C(=O)NCc2ccc(Cl)cc2Cl)CC1. The molecule has 1 aromatic carbocycles. The molecule has 0 spiro atoms. The van der Waals surface area contributed by atoms with Crippen LogP contribution in [0.25, 0.3) is 0 Å². The van der Waals surface area contributed by atoms with Crippen LogP contribution in [0.2, 0.25) is 10.0 Å². The molecule has 0 radical (unpaired) electrons. The van der Waals surface area contributed by atoms with Gasteiger partial charge >= 0.3 is 6.03 Å². The smallest absolute Gasteiger partial charge is 0.317 e. The maximum absolute atomic E-state index is 12.3. The Morgan fingerprint density at radius 2 is 2.04 bits per heavy atom. The molecule has 7 nitrogen and oxygen atoms in total. The van der Waals surface area contributed by atoms with Crippen LogP contribution >= 0.6 is 34.5 Å². The molecule has 3 amide bonds. The van der Waals surface area contributed by atoms with Gasteiger partial charge in [-0.15, -0.1) is 10.2 Å². The monoisotopic (exact) mass is 413 g/mol. The van der Waals surface area contributed by atoms with Crippen molar-refractivity contribution in [3.05, 3.63) is 39.3 Å². The first kappa shape index (κ1) is 18.9. The van der Waals surface area contributed by atoms with E-state index in [1.54, 1.807) is 28.6 Å². The van der Waals surface area contributed by atoms with Crippen LogP contribution in [0.4, 0.5) is 9.93 Å². The molecule has 2 heterocycles. The molecule has 1 fully saturated rings. The maximum atomic E-state index is 12.3. The number of rotatable bonds is 4. The van der Waals surface area contributed by atoms with Gasteiger partial charge in [0.25, 0.3) is 0 Å². The summed E-state index contributed by atoms with van der Waals surface area (Å²) in [5, 5.41) is 14.7. The van der Waals surface area contributed by atoms with Gasteiger partial charge in [-0.1, -0.05) is 40.6 Å². The fourth-order valence-electron chi connectivity index (χ4n) is 2.73. The predicted molar refractivity (Wildman–Crippen MR) is 102 cm³/mol. The standard InChI is InChI=1S/C16H17Cl2N5O2S/c17-12-2-1-11(13(18)7-12)8-19-16(25)23-5-3-10(4-6-23)14(24)21-15-22-20-9-26-15/h1-2,7,9-10H,3-6,8H2,(H,19,25)(H,21,22,24). The van der Waals surface area contributed by atoms with Crippen molar-refractivity contribution in [1.29, 1.82) is 0 Å². The third-order valence-corrected chi connectivity index (χ3v) is 5.38. The lowest BCUT2D eigenvalue weighted by Crippen LogP contribution is -2.45. The van der Waals surface area contributed by atoms with Crippen molar-refractivity contribution in [3.8, 4) is 0 Å². The molecule has 0 atom stereocenters. The van der Waals surface area contributed by atoms with Crippen LogP contribution < -0.4 is 10.6 Å². The minimum absolute atomic E-state index is 0.0743. The average molecular weight is 414 g/mol. The van der Waals surface area contributed by atoms with Crippen LogP contribution in [0.15, 0.2) is 23.7 Å². The second-order valence-corrected chi connectivity index (χ2v) is 7.57. The summed E-state index contributed by atoms with van der Waals surface area (Å²) >= 11 is 13.3. The first-order valence-electron chi connectivity index (χ1n) is 8.06. The summed E-state index contributed by atoms with van der Waals surface area (Å²) in [7, 11) is 0. The number of amides is 3. The Kier molecular flexibility index (Phi) is 6.29. The van der Waals surface area contributed by atoms with Crippen molar-refractivity contribution in [2.24, 2.45) is 5.92 Å². The van der Waals surface area contributed by atoms with E-state index in [4.69, 9.17) is 23.2 Å². The summed E-state index contributed by atoms with van der Waals surface area (Å²) in [5.41, 5.74) is 2.37. The lowest BCUT2D eigenvalue weighted by molar-refractivity contribution is -0.121. The highest BCUT2D eigenvalue weighted by Crippen LogP contribution is 2.22. The largest absolute Gasteiger partial charge is 0.334 e. The molecule has 0 unspecified atom stereocenters. The van der Waals surface area contributed by atoms with Crippen LogP contribution in [0.3, 0.4) is 0 Å². The van der Waals surface area contributed by atoms with Crippen LogP contribution in [-0.2, 0) is 11.3 Å². The van der Waals surface area contributed by atoms with Gasteiger partial charge in [-0.2, -0.15) is 0 Å². The lowest BCUT2D eigenvalue weighted by Gasteiger charge is -2.31. The Morgan fingerprint density at radius 3 is 2.69 bits per heavy atom. The third kappa shape index (κ3) is 4.84. The maximum Gasteiger partial charge on any atom is 0.317 e. The van der Waals surface area contributed by atoms with Gasteiger partial charge < -0.3 is 15.5 Å². The predicted octanol–water partition coefficient (Wildman–Crippen LogP) is 3.41. The van der Waals surface area contributed by atoms with E-state index in [-0.39, 0.29) is 17.9 Å². The number of hydrogen-bond acceptors (Lipinski definition) is 5. The quantitative estimate of drug-likeness (QED) is 0.803.